The first-order chi connectivity index (χ1) is 12.8. The Kier molecular flexibility index (Phi) is 7.64. The van der Waals surface area contributed by atoms with E-state index >= 15 is 0 Å². The number of nitrogens with two attached hydrogens (primary N) is 2. The van der Waals surface area contributed by atoms with E-state index in [0.29, 0.717) is 33.5 Å². The minimum atomic E-state index is -0.423. The molecule has 29 heavy (non-hydrogen) atoms. The van der Waals surface area contributed by atoms with Crippen molar-refractivity contribution >= 4 is 53.4 Å². The van der Waals surface area contributed by atoms with E-state index in [9.17, 15) is 9.90 Å². The summed E-state index contributed by atoms with van der Waals surface area (Å²) in [7, 11) is 1.31. The topological polar surface area (TPSA) is 162 Å². The molecule has 1 heterocycles. The number of fused-ring (bicyclic) bond motifs is 1. The van der Waals surface area contributed by atoms with E-state index < -0.39 is 5.97 Å². The highest BCUT2D eigenvalue weighted by atomic mass is 35.5. The van der Waals surface area contributed by atoms with Crippen molar-refractivity contribution in [2.75, 3.05) is 7.11 Å². The van der Waals surface area contributed by atoms with Gasteiger partial charge >= 0.3 is 5.97 Å². The van der Waals surface area contributed by atoms with E-state index in [-0.39, 0.29) is 48.7 Å². The number of nitrogens with one attached hydrogen (secondary N) is 3. The summed E-state index contributed by atoms with van der Waals surface area (Å²) in [6.45, 7) is 0. The van der Waals surface area contributed by atoms with Gasteiger partial charge in [0.25, 0.3) is 0 Å². The summed E-state index contributed by atoms with van der Waals surface area (Å²) in [5.74, 6) is -0.731. The number of hydrogen-bond acceptors (Lipinski definition) is 5. The molecule has 0 atom stereocenters. The van der Waals surface area contributed by atoms with Gasteiger partial charge in [0.2, 0.25) is 0 Å². The fourth-order valence-corrected chi connectivity index (χ4v) is 2.96. The number of amidine groups is 2. The Balaban J connectivity index is 0.00000210. The first kappa shape index (κ1) is 23.8. The quantitative estimate of drug-likeness (QED) is 0.205. The van der Waals surface area contributed by atoms with Gasteiger partial charge in [-0.3, -0.25) is 15.6 Å². The molecule has 0 aliphatic rings. The molecule has 0 radical (unpaired) electrons. The van der Waals surface area contributed by atoms with Crippen molar-refractivity contribution in [2.24, 2.45) is 11.5 Å². The van der Waals surface area contributed by atoms with E-state index in [4.69, 9.17) is 27.0 Å². The molecule has 10 heteroatoms. The number of phenols is 1. The number of nitrogen functional groups attached to an aromatic ring is 2. The highest BCUT2D eigenvalue weighted by Crippen LogP contribution is 2.36. The number of methoxy groups -OCH3 is 1. The van der Waals surface area contributed by atoms with E-state index in [2.05, 4.69) is 4.98 Å². The first-order valence-electron chi connectivity index (χ1n) is 8.05. The number of carbonyl (C=O) groups is 1. The van der Waals surface area contributed by atoms with Crippen molar-refractivity contribution in [1.82, 2.24) is 4.98 Å². The van der Waals surface area contributed by atoms with Gasteiger partial charge in [0.15, 0.2) is 0 Å². The number of benzene rings is 2. The minimum Gasteiger partial charge on any atom is -0.507 e. The van der Waals surface area contributed by atoms with Crippen molar-refractivity contribution in [2.45, 2.75) is 6.42 Å². The number of ether oxygens (including phenoxy) is 1. The molecule has 154 valence electrons. The van der Waals surface area contributed by atoms with Crippen LogP contribution in [0.4, 0.5) is 0 Å². The Morgan fingerprint density at radius 2 is 1.66 bits per heavy atom. The van der Waals surface area contributed by atoms with Crippen LogP contribution in [0.3, 0.4) is 0 Å². The van der Waals surface area contributed by atoms with E-state index in [1.165, 1.54) is 13.2 Å². The minimum absolute atomic E-state index is 0. The maximum Gasteiger partial charge on any atom is 0.310 e. The number of rotatable bonds is 5. The molecule has 8 nitrogen and oxygen atoms in total. The largest absolute Gasteiger partial charge is 0.507 e. The Morgan fingerprint density at radius 3 is 2.21 bits per heavy atom. The van der Waals surface area contributed by atoms with Crippen LogP contribution in [0.1, 0.15) is 16.7 Å². The van der Waals surface area contributed by atoms with Gasteiger partial charge in [-0.1, -0.05) is 18.2 Å². The predicted molar refractivity (Wildman–Crippen MR) is 118 cm³/mol. The maximum atomic E-state index is 11.9. The normalized spacial score (nSPS) is 9.97. The molecule has 0 saturated carbocycles. The third-order valence-electron chi connectivity index (χ3n) is 4.34. The monoisotopic (exact) mass is 437 g/mol. The zero-order valence-electron chi connectivity index (χ0n) is 15.4. The number of carbonyl (C=O) groups excluding carboxylic acids is 1. The number of aromatic hydroxyl groups is 1. The molecule has 0 aliphatic carbocycles. The van der Waals surface area contributed by atoms with Crippen molar-refractivity contribution in [3.05, 3.63) is 53.1 Å². The third-order valence-corrected chi connectivity index (χ3v) is 4.34. The number of phenolic OH excluding ortho intramolecular Hbond substituents is 1. The lowest BCUT2D eigenvalue weighted by molar-refractivity contribution is -0.139. The van der Waals surface area contributed by atoms with Crippen LogP contribution < -0.4 is 11.5 Å². The maximum absolute atomic E-state index is 11.9. The van der Waals surface area contributed by atoms with Crippen molar-refractivity contribution < 1.29 is 14.6 Å². The molecule has 3 rings (SSSR count). The van der Waals surface area contributed by atoms with Crippen molar-refractivity contribution in [1.29, 1.82) is 10.8 Å². The number of esters is 1. The highest BCUT2D eigenvalue weighted by Gasteiger charge is 2.19. The Labute approximate surface area is 179 Å². The molecule has 1 aromatic heterocycles. The van der Waals surface area contributed by atoms with Crippen molar-refractivity contribution in [3.63, 3.8) is 0 Å². The lowest BCUT2D eigenvalue weighted by atomic mass is 10.00. The Bertz CT molecular complexity index is 1090. The van der Waals surface area contributed by atoms with E-state index in [0.717, 1.165) is 5.39 Å². The number of halogens is 2. The molecule has 0 unspecified atom stereocenters. The standard InChI is InChI=1S/C19H19N5O3.2ClH/c1-27-16(26)8-13-11-4-2-9(18(20)21)6-14(11)24-17(13)12-5-3-10(19(22)23)7-15(12)25;;/h2-7,24-25H,8H2,1H3,(H3,20,21)(H3,22,23);2*1H. The summed E-state index contributed by atoms with van der Waals surface area (Å²) < 4.78 is 4.79. The average Bonchev–Trinajstić information content (AvgIpc) is 2.98. The lowest BCUT2D eigenvalue weighted by Crippen LogP contribution is -2.10. The van der Waals surface area contributed by atoms with Crippen LogP contribution >= 0.6 is 24.8 Å². The Morgan fingerprint density at radius 1 is 1.07 bits per heavy atom. The van der Waals surface area contributed by atoms with Crippen LogP contribution in [0, 0.1) is 10.8 Å². The van der Waals surface area contributed by atoms with Gasteiger partial charge in [0.1, 0.15) is 17.4 Å². The molecule has 0 aliphatic heterocycles. The van der Waals surface area contributed by atoms with Gasteiger partial charge in [-0.2, -0.15) is 0 Å². The summed E-state index contributed by atoms with van der Waals surface area (Å²) >= 11 is 0. The van der Waals surface area contributed by atoms with Gasteiger partial charge in [-0.25, -0.2) is 0 Å². The molecule has 0 amide bonds. The van der Waals surface area contributed by atoms with Crippen molar-refractivity contribution in [3.8, 4) is 17.0 Å². The van der Waals surface area contributed by atoms with Gasteiger partial charge < -0.3 is 26.3 Å². The molecular formula is C19H21Cl2N5O3. The number of aromatic amines is 1. The molecule has 0 saturated heterocycles. The Hall–Kier alpha value is -3.23. The highest BCUT2D eigenvalue weighted by molar-refractivity contribution is 6.02. The summed E-state index contributed by atoms with van der Waals surface area (Å²) in [4.78, 5) is 15.1. The lowest BCUT2D eigenvalue weighted by Gasteiger charge is -2.08. The van der Waals surface area contributed by atoms with Crippen LogP contribution in [0.25, 0.3) is 22.2 Å². The summed E-state index contributed by atoms with van der Waals surface area (Å²) in [6.07, 6.45) is -0.000842. The molecule has 0 spiro atoms. The molecule has 0 bridgehead atoms. The fraction of sp³-hybridized carbons (Fsp3) is 0.105. The number of H-pyrrole nitrogens is 1. The molecule has 3 aromatic rings. The average molecular weight is 438 g/mol. The van der Waals surface area contributed by atoms with Gasteiger partial charge in [0, 0.05) is 27.6 Å². The predicted octanol–water partition coefficient (Wildman–Crippen LogP) is 2.67. The molecule has 2 aromatic carbocycles. The second-order valence-electron chi connectivity index (χ2n) is 6.05. The van der Waals surface area contributed by atoms with Crippen LogP contribution in [-0.4, -0.2) is 34.8 Å². The molecular weight excluding hydrogens is 417 g/mol. The van der Waals surface area contributed by atoms with Crippen LogP contribution in [0.2, 0.25) is 0 Å². The fourth-order valence-electron chi connectivity index (χ4n) is 2.96. The van der Waals surface area contributed by atoms with Gasteiger partial charge in [-0.15, -0.1) is 24.8 Å². The number of hydrogen-bond donors (Lipinski definition) is 6. The van der Waals surface area contributed by atoms with Crippen LogP contribution in [0.15, 0.2) is 36.4 Å². The summed E-state index contributed by atoms with van der Waals surface area (Å²) in [6, 6.07) is 9.82. The zero-order chi connectivity index (χ0) is 19.7. The first-order valence-corrected chi connectivity index (χ1v) is 8.05. The van der Waals surface area contributed by atoms with Gasteiger partial charge in [-0.05, 0) is 23.8 Å². The molecule has 0 fully saturated rings. The van der Waals surface area contributed by atoms with Crippen LogP contribution in [0.5, 0.6) is 5.75 Å². The zero-order valence-corrected chi connectivity index (χ0v) is 17.0. The summed E-state index contributed by atoms with van der Waals surface area (Å²) in [5, 5.41) is 26.3. The number of aromatic nitrogens is 1. The van der Waals surface area contributed by atoms with Gasteiger partial charge in [0.05, 0.1) is 19.2 Å². The summed E-state index contributed by atoms with van der Waals surface area (Å²) in [5.41, 5.74) is 14.3. The second-order valence-corrected chi connectivity index (χ2v) is 6.05. The van der Waals surface area contributed by atoms with Crippen LogP contribution in [-0.2, 0) is 16.0 Å². The second kappa shape index (κ2) is 9.31. The third kappa shape index (κ3) is 4.61. The van der Waals surface area contributed by atoms with E-state index in [1.54, 1.807) is 30.3 Å². The SMILES string of the molecule is COC(=O)Cc1c(-c2ccc(C(=N)N)cc2O)[nH]c2cc(C(=N)N)ccc12.Cl.Cl. The smallest absolute Gasteiger partial charge is 0.310 e. The molecule has 8 N–H and O–H groups in total. The van der Waals surface area contributed by atoms with E-state index in [1.807, 2.05) is 0 Å².